The number of hydrogen-bond acceptors (Lipinski definition) is 3. The van der Waals surface area contributed by atoms with Gasteiger partial charge in [0.15, 0.2) is 0 Å². The summed E-state index contributed by atoms with van der Waals surface area (Å²) in [6, 6.07) is 9.25. The van der Waals surface area contributed by atoms with E-state index in [1.165, 1.54) is 82.3 Å². The number of benzene rings is 2. The zero-order valence-corrected chi connectivity index (χ0v) is 24.1. The van der Waals surface area contributed by atoms with Crippen LogP contribution in [0.15, 0.2) is 35.2 Å². The van der Waals surface area contributed by atoms with E-state index in [-0.39, 0.29) is 34.5 Å². The Balaban J connectivity index is 0.00000544. The maximum Gasteiger partial charge on any atom is 1.00 e. The summed E-state index contributed by atoms with van der Waals surface area (Å²) < 4.78 is 36.1. The standard InChI is InChI=1S/C28H44O3S.Na/c1-3-5-7-9-11-13-15-18-24-22-23-25-19-17-21-27(32(29,30)31)28(25)26(24)20-16-14-12-10-8-6-4-2;/h17,19,21-23H,3-16,18,20H2,1-2H3,(H,29,30,31);/q;+1/p-1. The summed E-state index contributed by atoms with van der Waals surface area (Å²) in [5.41, 5.74) is 2.32. The minimum absolute atomic E-state index is 0. The Bertz CT molecular complexity index is 909. The van der Waals surface area contributed by atoms with Gasteiger partial charge in [-0.2, -0.15) is 0 Å². The van der Waals surface area contributed by atoms with Crippen molar-refractivity contribution in [1.82, 2.24) is 0 Å². The molecule has 0 atom stereocenters. The number of fused-ring (bicyclic) bond motifs is 1. The van der Waals surface area contributed by atoms with Crippen LogP contribution in [-0.2, 0) is 23.0 Å². The van der Waals surface area contributed by atoms with Crippen LogP contribution < -0.4 is 29.6 Å². The van der Waals surface area contributed by atoms with Gasteiger partial charge in [0, 0.05) is 5.39 Å². The molecule has 0 aromatic heterocycles. The zero-order chi connectivity index (χ0) is 23.2. The van der Waals surface area contributed by atoms with Crippen molar-refractivity contribution < 1.29 is 42.5 Å². The first-order valence-electron chi connectivity index (χ1n) is 13.0. The third kappa shape index (κ3) is 10.8. The smallest absolute Gasteiger partial charge is 0.744 e. The van der Waals surface area contributed by atoms with E-state index in [0.717, 1.165) is 43.1 Å². The van der Waals surface area contributed by atoms with Gasteiger partial charge in [-0.3, -0.25) is 0 Å². The van der Waals surface area contributed by atoms with E-state index in [0.29, 0.717) is 5.39 Å². The monoisotopic (exact) mass is 482 g/mol. The van der Waals surface area contributed by atoms with Crippen molar-refractivity contribution in [3.8, 4) is 0 Å². The average molecular weight is 483 g/mol. The fourth-order valence-corrected chi connectivity index (χ4v) is 5.46. The topological polar surface area (TPSA) is 57.2 Å². The maximum absolute atomic E-state index is 12.0. The molecule has 0 spiro atoms. The normalized spacial score (nSPS) is 11.6. The average Bonchev–Trinajstić information content (AvgIpc) is 2.77. The molecule has 0 bridgehead atoms. The second-order valence-electron chi connectivity index (χ2n) is 9.25. The molecule has 2 aromatic rings. The third-order valence-corrected chi connectivity index (χ3v) is 7.44. The molecule has 0 amide bonds. The first kappa shape index (κ1) is 30.6. The Morgan fingerprint density at radius 2 is 1.18 bits per heavy atom. The van der Waals surface area contributed by atoms with Crippen LogP contribution in [0.3, 0.4) is 0 Å². The molecule has 0 aliphatic carbocycles. The number of aryl methyl sites for hydroxylation is 2. The van der Waals surface area contributed by atoms with E-state index in [1.54, 1.807) is 6.07 Å². The van der Waals surface area contributed by atoms with Crippen molar-refractivity contribution in [2.45, 2.75) is 121 Å². The summed E-state index contributed by atoms with van der Waals surface area (Å²) in [6.45, 7) is 4.47. The molecule has 0 aliphatic heterocycles. The van der Waals surface area contributed by atoms with Gasteiger partial charge in [0.1, 0.15) is 10.1 Å². The molecule has 2 aromatic carbocycles. The van der Waals surface area contributed by atoms with Gasteiger partial charge in [-0.05, 0) is 48.3 Å². The van der Waals surface area contributed by atoms with Gasteiger partial charge in [0.2, 0.25) is 0 Å². The predicted octanol–water partition coefficient (Wildman–Crippen LogP) is 5.33. The Morgan fingerprint density at radius 3 is 1.73 bits per heavy atom. The molecule has 0 unspecified atom stereocenters. The molecule has 5 heteroatoms. The zero-order valence-electron chi connectivity index (χ0n) is 21.3. The molecule has 2 rings (SSSR count). The van der Waals surface area contributed by atoms with Crippen LogP contribution in [-0.4, -0.2) is 13.0 Å². The first-order valence-corrected chi connectivity index (χ1v) is 14.4. The van der Waals surface area contributed by atoms with Crippen molar-refractivity contribution in [2.75, 3.05) is 0 Å². The molecule has 3 nitrogen and oxygen atoms in total. The molecule has 0 saturated carbocycles. The van der Waals surface area contributed by atoms with Crippen molar-refractivity contribution in [2.24, 2.45) is 0 Å². The second-order valence-corrected chi connectivity index (χ2v) is 10.6. The maximum atomic E-state index is 12.0. The Labute approximate surface area is 225 Å². The summed E-state index contributed by atoms with van der Waals surface area (Å²) in [5, 5.41) is 1.54. The van der Waals surface area contributed by atoms with Crippen molar-refractivity contribution in [1.29, 1.82) is 0 Å². The van der Waals surface area contributed by atoms with Gasteiger partial charge in [0.05, 0.1) is 4.90 Å². The van der Waals surface area contributed by atoms with Gasteiger partial charge in [-0.25, -0.2) is 8.42 Å². The van der Waals surface area contributed by atoms with Crippen LogP contribution in [0, 0.1) is 0 Å². The summed E-state index contributed by atoms with van der Waals surface area (Å²) in [5.74, 6) is 0. The van der Waals surface area contributed by atoms with Gasteiger partial charge in [0.25, 0.3) is 0 Å². The summed E-state index contributed by atoms with van der Waals surface area (Å²) in [7, 11) is -4.50. The molecule has 0 radical (unpaired) electrons. The molecule has 0 heterocycles. The molecular formula is C28H43NaO3S. The van der Waals surface area contributed by atoms with Gasteiger partial charge in [-0.15, -0.1) is 0 Å². The fourth-order valence-electron chi connectivity index (χ4n) is 4.72. The number of hydrogen-bond donors (Lipinski definition) is 0. The summed E-state index contributed by atoms with van der Waals surface area (Å²) >= 11 is 0. The van der Waals surface area contributed by atoms with Crippen molar-refractivity contribution in [3.05, 3.63) is 41.5 Å². The number of rotatable bonds is 17. The third-order valence-electron chi connectivity index (χ3n) is 6.56. The molecule has 0 aliphatic rings. The van der Waals surface area contributed by atoms with E-state index in [9.17, 15) is 13.0 Å². The Morgan fingerprint density at radius 1 is 0.667 bits per heavy atom. The SMILES string of the molecule is CCCCCCCCCc1ccc2cccc(S(=O)(=O)[O-])c2c1CCCCCCCCC.[Na+]. The van der Waals surface area contributed by atoms with Crippen LogP contribution >= 0.6 is 0 Å². The van der Waals surface area contributed by atoms with Crippen LogP contribution in [0.1, 0.15) is 115 Å². The molecule has 0 fully saturated rings. The largest absolute Gasteiger partial charge is 1.00 e. The Hall–Kier alpha value is -0.390. The fraction of sp³-hybridized carbons (Fsp3) is 0.643. The van der Waals surface area contributed by atoms with E-state index < -0.39 is 10.1 Å². The Kier molecular flexibility index (Phi) is 15.9. The van der Waals surface area contributed by atoms with Gasteiger partial charge < -0.3 is 4.55 Å². The summed E-state index contributed by atoms with van der Waals surface area (Å²) in [4.78, 5) is -0.0469. The minimum Gasteiger partial charge on any atom is -0.744 e. The van der Waals surface area contributed by atoms with Crippen LogP contribution in [0.4, 0.5) is 0 Å². The molecular weight excluding hydrogens is 439 g/mol. The molecule has 180 valence electrons. The van der Waals surface area contributed by atoms with E-state index >= 15 is 0 Å². The first-order chi connectivity index (χ1) is 15.5. The van der Waals surface area contributed by atoms with Crippen molar-refractivity contribution in [3.63, 3.8) is 0 Å². The van der Waals surface area contributed by atoms with Crippen LogP contribution in [0.5, 0.6) is 0 Å². The van der Waals surface area contributed by atoms with Crippen LogP contribution in [0.2, 0.25) is 0 Å². The second kappa shape index (κ2) is 17.1. The van der Waals surface area contributed by atoms with Gasteiger partial charge in [-0.1, -0.05) is 115 Å². The number of unbranched alkanes of at least 4 members (excludes halogenated alkanes) is 12. The van der Waals surface area contributed by atoms with E-state index in [4.69, 9.17) is 0 Å². The quantitative estimate of drug-likeness (QED) is 0.174. The van der Waals surface area contributed by atoms with Gasteiger partial charge >= 0.3 is 29.6 Å². The minimum atomic E-state index is -4.50. The van der Waals surface area contributed by atoms with Crippen molar-refractivity contribution >= 4 is 20.9 Å². The predicted molar refractivity (Wildman–Crippen MR) is 135 cm³/mol. The molecule has 33 heavy (non-hydrogen) atoms. The summed E-state index contributed by atoms with van der Waals surface area (Å²) in [6.07, 6.45) is 19.2. The van der Waals surface area contributed by atoms with E-state index in [2.05, 4.69) is 19.9 Å². The molecule has 0 N–H and O–H groups in total. The molecule has 0 saturated heterocycles. The van der Waals surface area contributed by atoms with Crippen LogP contribution in [0.25, 0.3) is 10.8 Å². The van der Waals surface area contributed by atoms with E-state index in [1.807, 2.05) is 12.1 Å².